The van der Waals surface area contributed by atoms with Gasteiger partial charge >= 0.3 is 18.5 Å². The van der Waals surface area contributed by atoms with Gasteiger partial charge in [-0.3, -0.25) is 0 Å². The lowest BCUT2D eigenvalue weighted by molar-refractivity contribution is -0.143. The van der Waals surface area contributed by atoms with E-state index in [0.717, 1.165) is 80.8 Å². The Morgan fingerprint density at radius 1 is 0.660 bits per heavy atom. The summed E-state index contributed by atoms with van der Waals surface area (Å²) in [7, 11) is 0. The van der Waals surface area contributed by atoms with E-state index in [1.165, 1.54) is 6.08 Å². The Morgan fingerprint density at radius 2 is 1.26 bits per heavy atom. The third-order valence-electron chi connectivity index (χ3n) is 10.1. The van der Waals surface area contributed by atoms with E-state index in [1.54, 1.807) is 12.1 Å². The summed E-state index contributed by atoms with van der Waals surface area (Å²) in [4.78, 5) is 0. The molecule has 1 atom stereocenters. The first-order valence-electron chi connectivity index (χ1n) is 15.5. The molecule has 0 nitrogen and oxygen atoms in total. The Hall–Kier alpha value is -4.01. The summed E-state index contributed by atoms with van der Waals surface area (Å²) in [6, 6.07) is 13.3. The van der Waals surface area contributed by atoms with Crippen molar-refractivity contribution >= 4 is 10.8 Å². The summed E-state index contributed by atoms with van der Waals surface area (Å²) >= 11 is 0. The van der Waals surface area contributed by atoms with Crippen molar-refractivity contribution < 1.29 is 39.5 Å². The first kappa shape index (κ1) is 31.6. The summed E-state index contributed by atoms with van der Waals surface area (Å²) in [5.74, 6) is -0.314. The predicted octanol–water partition coefficient (Wildman–Crippen LogP) is 12.3. The molecule has 0 N–H and O–H groups in total. The average Bonchev–Trinajstić information content (AvgIpc) is 3.25. The van der Waals surface area contributed by atoms with E-state index in [-0.39, 0.29) is 24.0 Å². The number of rotatable bonds is 2. The van der Waals surface area contributed by atoms with Gasteiger partial charge in [-0.05, 0) is 117 Å². The molecule has 0 amide bonds. The van der Waals surface area contributed by atoms with E-state index in [0.29, 0.717) is 18.4 Å². The zero-order chi connectivity index (χ0) is 33.7. The van der Waals surface area contributed by atoms with Gasteiger partial charge in [0.2, 0.25) is 0 Å². The van der Waals surface area contributed by atoms with Crippen LogP contribution in [-0.2, 0) is 30.6 Å². The molecule has 0 aromatic heterocycles. The van der Waals surface area contributed by atoms with Gasteiger partial charge in [0.05, 0.1) is 16.7 Å². The number of halogens is 9. The minimum absolute atomic E-state index is 0.120. The van der Waals surface area contributed by atoms with Gasteiger partial charge in [0.1, 0.15) is 0 Å². The summed E-state index contributed by atoms with van der Waals surface area (Å²) in [5, 5.41) is 1.82. The molecule has 0 bridgehead atoms. The summed E-state index contributed by atoms with van der Waals surface area (Å²) in [6.07, 6.45) is -7.60. The molecule has 4 aromatic carbocycles. The monoisotopic (exact) mass is 656 g/mol. The lowest BCUT2D eigenvalue weighted by Crippen LogP contribution is -2.17. The van der Waals surface area contributed by atoms with Gasteiger partial charge in [0.15, 0.2) is 0 Å². The van der Waals surface area contributed by atoms with Crippen molar-refractivity contribution in [1.29, 1.82) is 0 Å². The van der Waals surface area contributed by atoms with Crippen molar-refractivity contribution in [2.24, 2.45) is 0 Å². The van der Waals surface area contributed by atoms with Crippen LogP contribution in [0.2, 0.25) is 0 Å². The fourth-order valence-corrected chi connectivity index (χ4v) is 7.77. The number of allylic oxidation sites excluding steroid dienone is 4. The number of alkyl halides is 9. The quantitative estimate of drug-likeness (QED) is 0.188. The number of hydrogen-bond donors (Lipinski definition) is 0. The van der Waals surface area contributed by atoms with Gasteiger partial charge < -0.3 is 0 Å². The molecule has 4 aromatic rings. The number of fused-ring (bicyclic) bond motifs is 7. The predicted molar refractivity (Wildman–Crippen MR) is 164 cm³/mol. The molecule has 0 spiro atoms. The van der Waals surface area contributed by atoms with E-state index in [2.05, 4.69) is 0 Å². The Labute approximate surface area is 265 Å². The number of hydrogen-bond acceptors (Lipinski definition) is 0. The highest BCUT2D eigenvalue weighted by atomic mass is 19.4. The zero-order valence-electron chi connectivity index (χ0n) is 25.4. The van der Waals surface area contributed by atoms with Crippen LogP contribution in [0.3, 0.4) is 0 Å². The van der Waals surface area contributed by atoms with Crippen molar-refractivity contribution in [3.8, 4) is 22.3 Å². The first-order chi connectivity index (χ1) is 22.0. The highest BCUT2D eigenvalue weighted by Crippen LogP contribution is 2.57. The van der Waals surface area contributed by atoms with Crippen LogP contribution >= 0.6 is 0 Å². The highest BCUT2D eigenvalue weighted by Gasteiger charge is 2.42. The van der Waals surface area contributed by atoms with Crippen molar-refractivity contribution in [3.63, 3.8) is 0 Å². The van der Waals surface area contributed by atoms with Crippen molar-refractivity contribution in [2.75, 3.05) is 0 Å². The largest absolute Gasteiger partial charge is 0.416 e. The molecule has 0 fully saturated rings. The highest BCUT2D eigenvalue weighted by molar-refractivity contribution is 6.06. The van der Waals surface area contributed by atoms with E-state index < -0.39 is 40.6 Å². The topological polar surface area (TPSA) is 0 Å². The van der Waals surface area contributed by atoms with Crippen LogP contribution in [0.15, 0.2) is 78.4 Å². The smallest absolute Gasteiger partial charge is 0.166 e. The molecule has 3 aliphatic carbocycles. The fourth-order valence-electron chi connectivity index (χ4n) is 7.77. The van der Waals surface area contributed by atoms with E-state index in [1.807, 2.05) is 44.2 Å². The Bertz CT molecular complexity index is 1970. The van der Waals surface area contributed by atoms with Crippen molar-refractivity contribution in [2.45, 2.75) is 75.8 Å². The molecule has 1 unspecified atom stereocenters. The molecule has 244 valence electrons. The fraction of sp³-hybridized carbons (Fsp3) is 0.316. The molecular weight excluding hydrogens is 627 g/mol. The van der Waals surface area contributed by atoms with Crippen LogP contribution in [0.4, 0.5) is 39.5 Å². The molecule has 7 rings (SSSR count). The van der Waals surface area contributed by atoms with Crippen LogP contribution in [0.5, 0.6) is 0 Å². The van der Waals surface area contributed by atoms with Gasteiger partial charge in [-0.25, -0.2) is 0 Å². The maximum atomic E-state index is 13.9. The lowest BCUT2D eigenvalue weighted by atomic mass is 9.76. The molecule has 0 saturated heterocycles. The maximum Gasteiger partial charge on any atom is 0.416 e. The second kappa shape index (κ2) is 10.5. The van der Waals surface area contributed by atoms with Gasteiger partial charge in [0.25, 0.3) is 0 Å². The Kier molecular flexibility index (Phi) is 7.05. The molecule has 0 saturated carbocycles. The number of benzene rings is 4. The normalized spacial score (nSPS) is 19.0. The third kappa shape index (κ3) is 5.17. The van der Waals surface area contributed by atoms with Crippen LogP contribution in [0.25, 0.3) is 33.0 Å². The third-order valence-corrected chi connectivity index (χ3v) is 10.1. The average molecular weight is 657 g/mol. The van der Waals surface area contributed by atoms with Crippen molar-refractivity contribution in [1.82, 2.24) is 0 Å². The van der Waals surface area contributed by atoms with E-state index in [4.69, 9.17) is 0 Å². The van der Waals surface area contributed by atoms with Gasteiger partial charge in [-0.2, -0.15) is 39.5 Å². The van der Waals surface area contributed by atoms with Gasteiger partial charge in [-0.15, -0.1) is 0 Å². The van der Waals surface area contributed by atoms with Crippen molar-refractivity contribution in [3.05, 3.63) is 117 Å². The standard InChI is InChI=1S/C38H29F9/c1-35(2)31-18-29(20-11-13-22(14-12-20)36(39,40)41)25-7-3-5-9-27(25)33(31)34-28-10-6-4-8-26(28)30(19-32(34)35)21-15-23(37(42,43)44)17-24(16-21)38(45,46)47/h3,5,7,9,11,13-20H,4,6,8,10,12H2,1-2H3. The minimum Gasteiger partial charge on any atom is -0.166 e. The molecule has 0 aliphatic heterocycles. The molecule has 9 heteroatoms. The van der Waals surface area contributed by atoms with Gasteiger partial charge in [-0.1, -0.05) is 62.4 Å². The van der Waals surface area contributed by atoms with Crippen LogP contribution < -0.4 is 0 Å². The molecule has 0 heterocycles. The lowest BCUT2D eigenvalue weighted by Gasteiger charge is -2.28. The van der Waals surface area contributed by atoms with E-state index >= 15 is 0 Å². The van der Waals surface area contributed by atoms with Crippen LogP contribution in [-0.4, -0.2) is 6.18 Å². The van der Waals surface area contributed by atoms with Gasteiger partial charge in [0, 0.05) is 11.3 Å². The maximum absolute atomic E-state index is 13.9. The zero-order valence-corrected chi connectivity index (χ0v) is 25.4. The minimum atomic E-state index is -4.97. The second-order valence-electron chi connectivity index (χ2n) is 13.2. The Balaban J connectivity index is 1.47. The molecular formula is C38H29F9. The molecule has 0 radical (unpaired) electrons. The summed E-state index contributed by atoms with van der Waals surface area (Å²) < 4.78 is 124. The summed E-state index contributed by atoms with van der Waals surface area (Å²) in [5.41, 5.74) is 2.42. The van der Waals surface area contributed by atoms with Crippen LogP contribution in [0, 0.1) is 0 Å². The molecule has 47 heavy (non-hydrogen) atoms. The second-order valence-corrected chi connectivity index (χ2v) is 13.2. The SMILES string of the molecule is CC1(C)c2cc(-c3cc(C(F)(F)F)cc(C(F)(F)F)c3)c3c(c2-c2c1cc(C1C=CC(C(F)(F)F)=CC1)c1ccccc21)CCCC3. The summed E-state index contributed by atoms with van der Waals surface area (Å²) in [6.45, 7) is 3.97. The first-order valence-corrected chi connectivity index (χ1v) is 15.5. The van der Waals surface area contributed by atoms with Crippen LogP contribution in [0.1, 0.15) is 78.0 Å². The van der Waals surface area contributed by atoms with E-state index in [9.17, 15) is 39.5 Å². The molecule has 3 aliphatic rings. The Morgan fingerprint density at radius 3 is 1.83 bits per heavy atom.